The lowest BCUT2D eigenvalue weighted by atomic mass is 10.2. The fourth-order valence-corrected chi connectivity index (χ4v) is 3.52. The fraction of sp³-hybridized carbons (Fsp3) is 0.381. The van der Waals surface area contributed by atoms with Gasteiger partial charge in [0.25, 0.3) is 10.0 Å². The second-order valence-corrected chi connectivity index (χ2v) is 8.99. The number of benzene rings is 2. The summed E-state index contributed by atoms with van der Waals surface area (Å²) in [4.78, 5) is 2.26. The van der Waals surface area contributed by atoms with Gasteiger partial charge in [0.2, 0.25) is 0 Å². The first kappa shape index (κ1) is 23.8. The molecule has 0 fully saturated rings. The van der Waals surface area contributed by atoms with E-state index in [1.807, 2.05) is 34.6 Å². The number of hydrogen-bond acceptors (Lipinski definition) is 6. The molecule has 0 aliphatic rings. The number of rotatable bonds is 10. The molecule has 164 valence electrons. The van der Waals surface area contributed by atoms with Crippen LogP contribution in [0, 0.1) is 0 Å². The number of halogens is 1. The van der Waals surface area contributed by atoms with Crippen molar-refractivity contribution < 1.29 is 22.6 Å². The smallest absolute Gasteiger partial charge is 0.276 e. The van der Waals surface area contributed by atoms with E-state index in [1.54, 1.807) is 24.3 Å². The Kier molecular flexibility index (Phi) is 8.37. The molecule has 0 bridgehead atoms. The molecule has 0 saturated heterocycles. The molecule has 0 heterocycles. The lowest BCUT2D eigenvalue weighted by Crippen LogP contribution is -2.18. The van der Waals surface area contributed by atoms with Crippen LogP contribution in [0.1, 0.15) is 40.2 Å². The molecule has 7 nitrogen and oxygen atoms in total. The first-order valence-corrected chi connectivity index (χ1v) is 11.4. The highest BCUT2D eigenvalue weighted by Crippen LogP contribution is 2.37. The number of hydrazone groups is 1. The van der Waals surface area contributed by atoms with Gasteiger partial charge < -0.3 is 14.2 Å². The predicted molar refractivity (Wildman–Crippen MR) is 119 cm³/mol. The number of hydrogen-bond donors (Lipinski definition) is 1. The molecule has 1 N–H and O–H groups in total. The van der Waals surface area contributed by atoms with Crippen LogP contribution in [0.5, 0.6) is 17.2 Å². The van der Waals surface area contributed by atoms with Crippen LogP contribution in [0.25, 0.3) is 0 Å². The Morgan fingerprint density at radius 2 is 1.70 bits per heavy atom. The van der Waals surface area contributed by atoms with Crippen molar-refractivity contribution in [1.82, 2.24) is 4.83 Å². The van der Waals surface area contributed by atoms with Crippen LogP contribution in [0.15, 0.2) is 46.4 Å². The van der Waals surface area contributed by atoms with Gasteiger partial charge in [0.1, 0.15) is 5.75 Å². The maximum Gasteiger partial charge on any atom is 0.276 e. The largest absolute Gasteiger partial charge is 0.491 e. The van der Waals surface area contributed by atoms with E-state index in [2.05, 4.69) is 9.93 Å². The Morgan fingerprint density at radius 1 is 1.07 bits per heavy atom. The van der Waals surface area contributed by atoms with Crippen LogP contribution >= 0.6 is 11.6 Å². The summed E-state index contributed by atoms with van der Waals surface area (Å²) in [5, 5.41) is 4.19. The number of nitrogens with one attached hydrogen (secondary N) is 1. The van der Waals surface area contributed by atoms with E-state index in [4.69, 9.17) is 25.8 Å². The Balaban J connectivity index is 2.17. The average Bonchev–Trinajstić information content (AvgIpc) is 2.64. The highest BCUT2D eigenvalue weighted by Gasteiger charge is 2.15. The van der Waals surface area contributed by atoms with Crippen LogP contribution in [-0.2, 0) is 10.0 Å². The molecule has 9 heteroatoms. The van der Waals surface area contributed by atoms with Gasteiger partial charge in [-0.3, -0.25) is 0 Å². The summed E-state index contributed by atoms with van der Waals surface area (Å²) in [6.45, 7) is 9.83. The van der Waals surface area contributed by atoms with Crippen molar-refractivity contribution in [3.8, 4) is 17.2 Å². The van der Waals surface area contributed by atoms with Gasteiger partial charge in [-0.25, -0.2) is 4.83 Å². The summed E-state index contributed by atoms with van der Waals surface area (Å²) >= 11 is 6.31. The molecule has 0 atom stereocenters. The molecular weight excluding hydrogens is 428 g/mol. The summed E-state index contributed by atoms with van der Waals surface area (Å²) in [6, 6.07) is 9.41. The molecule has 0 unspecified atom stereocenters. The van der Waals surface area contributed by atoms with E-state index in [1.165, 1.54) is 18.3 Å². The van der Waals surface area contributed by atoms with Gasteiger partial charge in [0.15, 0.2) is 11.5 Å². The summed E-state index contributed by atoms with van der Waals surface area (Å²) in [5.74, 6) is 1.49. The summed E-state index contributed by atoms with van der Waals surface area (Å²) in [5.41, 5.74) is 0.558. The van der Waals surface area contributed by atoms with Gasteiger partial charge in [-0.05, 0) is 76.6 Å². The Bertz CT molecular complexity index is 974. The molecular formula is C21H27ClN2O5S. The first-order chi connectivity index (χ1) is 14.1. The van der Waals surface area contributed by atoms with Crippen molar-refractivity contribution in [2.24, 2.45) is 5.10 Å². The zero-order valence-electron chi connectivity index (χ0n) is 17.7. The fourth-order valence-electron chi connectivity index (χ4n) is 2.47. The number of sulfonamides is 1. The Labute approximate surface area is 183 Å². The molecule has 0 aliphatic heterocycles. The lowest BCUT2D eigenvalue weighted by Gasteiger charge is -2.16. The van der Waals surface area contributed by atoms with Crippen molar-refractivity contribution in [2.45, 2.75) is 51.7 Å². The SMILES string of the molecule is CCOc1cc(/C=N/NS(=O)(=O)c2ccc(OC(C)C)cc2)cc(Cl)c1OC(C)C. The third-order valence-corrected chi connectivity index (χ3v) is 5.10. The number of nitrogens with zero attached hydrogens (tertiary/aromatic N) is 1. The van der Waals surface area contributed by atoms with Crippen molar-refractivity contribution >= 4 is 27.8 Å². The van der Waals surface area contributed by atoms with Crippen LogP contribution in [0.3, 0.4) is 0 Å². The van der Waals surface area contributed by atoms with Gasteiger partial charge in [-0.15, -0.1) is 0 Å². The van der Waals surface area contributed by atoms with Gasteiger partial charge in [-0.2, -0.15) is 13.5 Å². The van der Waals surface area contributed by atoms with Gasteiger partial charge in [-0.1, -0.05) is 11.6 Å². The van der Waals surface area contributed by atoms with Crippen molar-refractivity contribution in [3.63, 3.8) is 0 Å². The maximum absolute atomic E-state index is 12.4. The molecule has 0 spiro atoms. The van der Waals surface area contributed by atoms with Crippen molar-refractivity contribution in [1.29, 1.82) is 0 Å². The Hall–Kier alpha value is -2.45. The third kappa shape index (κ3) is 6.81. The van der Waals surface area contributed by atoms with Gasteiger partial charge >= 0.3 is 0 Å². The summed E-state index contributed by atoms with van der Waals surface area (Å²) in [7, 11) is -3.82. The molecule has 0 saturated carbocycles. The minimum absolute atomic E-state index is 0.000844. The molecule has 2 aromatic carbocycles. The zero-order chi connectivity index (χ0) is 22.3. The molecule has 2 rings (SSSR count). The van der Waals surface area contributed by atoms with Crippen LogP contribution in [-0.4, -0.2) is 33.4 Å². The quantitative estimate of drug-likeness (QED) is 0.418. The maximum atomic E-state index is 12.4. The second kappa shape index (κ2) is 10.5. The monoisotopic (exact) mass is 454 g/mol. The van der Waals surface area contributed by atoms with E-state index in [0.29, 0.717) is 34.4 Å². The lowest BCUT2D eigenvalue weighted by molar-refractivity contribution is 0.224. The van der Waals surface area contributed by atoms with E-state index in [9.17, 15) is 8.42 Å². The highest BCUT2D eigenvalue weighted by molar-refractivity contribution is 7.89. The van der Waals surface area contributed by atoms with Gasteiger partial charge in [0.05, 0.1) is 34.9 Å². The van der Waals surface area contributed by atoms with E-state index in [0.717, 1.165) is 0 Å². The molecule has 0 radical (unpaired) electrons. The predicted octanol–water partition coefficient (Wildman–Crippen LogP) is 4.63. The number of ether oxygens (including phenoxy) is 3. The average molecular weight is 455 g/mol. The molecule has 0 amide bonds. The van der Waals surface area contributed by atoms with Crippen LogP contribution < -0.4 is 19.0 Å². The first-order valence-electron chi connectivity index (χ1n) is 9.57. The third-order valence-electron chi connectivity index (χ3n) is 3.58. The highest BCUT2D eigenvalue weighted by atomic mass is 35.5. The van der Waals surface area contributed by atoms with E-state index >= 15 is 0 Å². The standard InChI is InChI=1S/C21H27ClN2O5S/c1-6-27-20-12-16(11-19(22)21(20)29-15(4)5)13-23-24-30(25,26)18-9-7-17(8-10-18)28-14(2)3/h7-15,24H,6H2,1-5H3/b23-13+. The van der Waals surface area contributed by atoms with Crippen molar-refractivity contribution in [3.05, 3.63) is 47.0 Å². The molecule has 2 aromatic rings. The second-order valence-electron chi connectivity index (χ2n) is 6.92. The van der Waals surface area contributed by atoms with E-state index in [-0.39, 0.29) is 17.1 Å². The van der Waals surface area contributed by atoms with Gasteiger partial charge in [0, 0.05) is 0 Å². The van der Waals surface area contributed by atoms with Crippen molar-refractivity contribution in [2.75, 3.05) is 6.61 Å². The zero-order valence-corrected chi connectivity index (χ0v) is 19.3. The topological polar surface area (TPSA) is 86.2 Å². The van der Waals surface area contributed by atoms with E-state index < -0.39 is 10.0 Å². The van der Waals surface area contributed by atoms with Crippen LogP contribution in [0.2, 0.25) is 5.02 Å². The summed E-state index contributed by atoms with van der Waals surface area (Å²) in [6.07, 6.45) is 1.27. The normalized spacial score (nSPS) is 11.9. The Morgan fingerprint density at radius 3 is 2.27 bits per heavy atom. The minimum atomic E-state index is -3.82. The summed E-state index contributed by atoms with van der Waals surface area (Å²) < 4.78 is 41.7. The minimum Gasteiger partial charge on any atom is -0.491 e. The molecule has 0 aromatic heterocycles. The van der Waals surface area contributed by atoms with Crippen LogP contribution in [0.4, 0.5) is 0 Å². The molecule has 30 heavy (non-hydrogen) atoms. The molecule has 0 aliphatic carbocycles.